The number of halogens is 1. The molecule has 2 aliphatic rings. The first-order valence-corrected chi connectivity index (χ1v) is 18.4. The van der Waals surface area contributed by atoms with Gasteiger partial charge in [0.2, 0.25) is 5.95 Å². The Labute approximate surface area is 274 Å². The summed E-state index contributed by atoms with van der Waals surface area (Å²) in [4.78, 5) is 46.2. The molecular weight excluding hydrogens is 709 g/mol. The minimum absolute atomic E-state index is 0.0776. The molecule has 47 heavy (non-hydrogen) atoms. The standard InChI is InChI=1S/C22H27FN10O10P2S2/c1-22(14(42-44(36)46)13(38-2)20(41-22)32-6-28-10-15(24)26-5-27-16(10)32)4-39-45(37,47)43-12-9(23)8(3-34)40-19(12)33-7-29-11-17(33)30-21(25)31-18(11)35/h5-9,12-14,19-20,34H,3-4H2,1-2H3,(H6-,24,25,26,27,30,31,35,36,37,46,47)/p+1/t8-,9-,12+,13-,14+,19-,20-,22?,45?/m1/s1. The Kier molecular flexibility index (Phi) is 9.37. The zero-order valence-corrected chi connectivity index (χ0v) is 27.8. The Hall–Kier alpha value is -2.79. The van der Waals surface area contributed by atoms with Gasteiger partial charge in [0.1, 0.15) is 48.0 Å². The Bertz CT molecular complexity index is 1940. The zero-order chi connectivity index (χ0) is 33.8. The summed E-state index contributed by atoms with van der Waals surface area (Å²) >= 11 is 9.15. The summed E-state index contributed by atoms with van der Waals surface area (Å²) in [5.41, 5.74) is 9.77. The fourth-order valence-electron chi connectivity index (χ4n) is 5.50. The molecule has 25 heteroatoms. The molecular formula is C22H28FN10O10P2S2+. The number of nitrogens with two attached hydrogens (primary N) is 2. The van der Waals surface area contributed by atoms with Crippen molar-refractivity contribution in [3.05, 3.63) is 29.3 Å². The number of fused-ring (bicyclic) bond motifs is 2. The Morgan fingerprint density at radius 2 is 1.89 bits per heavy atom. The first-order chi connectivity index (χ1) is 22.3. The number of thiol groups is 1. The third kappa shape index (κ3) is 6.27. The van der Waals surface area contributed by atoms with Crippen molar-refractivity contribution >= 4 is 72.1 Å². The molecule has 0 aromatic carbocycles. The largest absolute Gasteiger partial charge is 0.582 e. The highest BCUT2D eigenvalue weighted by Gasteiger charge is 2.59. The monoisotopic (exact) mass is 737 g/mol. The van der Waals surface area contributed by atoms with Crippen LogP contribution in [-0.4, -0.2) is 106 Å². The van der Waals surface area contributed by atoms with Crippen LogP contribution < -0.4 is 17.0 Å². The van der Waals surface area contributed by atoms with Crippen molar-refractivity contribution in [3.8, 4) is 0 Å². The maximum atomic E-state index is 15.6. The molecule has 0 spiro atoms. The number of H-pyrrole nitrogens is 1. The van der Waals surface area contributed by atoms with Gasteiger partial charge in [0.15, 0.2) is 47.4 Å². The van der Waals surface area contributed by atoms with E-state index in [9.17, 15) is 19.4 Å². The van der Waals surface area contributed by atoms with Crippen LogP contribution in [0.2, 0.25) is 0 Å². The van der Waals surface area contributed by atoms with Crippen molar-refractivity contribution in [2.24, 2.45) is 0 Å². The van der Waals surface area contributed by atoms with Gasteiger partial charge in [0.05, 0.1) is 25.9 Å². The average Bonchev–Trinajstić information content (AvgIpc) is 3.76. The highest BCUT2D eigenvalue weighted by Crippen LogP contribution is 2.53. The highest BCUT2D eigenvalue weighted by molar-refractivity contribution is 8.39. The molecule has 0 aliphatic carbocycles. The van der Waals surface area contributed by atoms with Crippen LogP contribution in [0.4, 0.5) is 16.2 Å². The number of anilines is 2. The van der Waals surface area contributed by atoms with E-state index in [1.807, 2.05) is 0 Å². The Balaban J connectivity index is 1.27. The van der Waals surface area contributed by atoms with Gasteiger partial charge >= 0.3 is 13.9 Å². The number of aliphatic hydroxyl groups is 1. The first kappa shape index (κ1) is 34.1. The van der Waals surface area contributed by atoms with Crippen LogP contribution in [0.25, 0.3) is 22.3 Å². The number of nitrogen functional groups attached to an aromatic ring is 2. The third-order valence-electron chi connectivity index (χ3n) is 7.65. The quantitative estimate of drug-likeness (QED) is 0.0889. The molecule has 0 radical (unpaired) electrons. The summed E-state index contributed by atoms with van der Waals surface area (Å²) in [7, 11) is -1.15. The maximum Gasteiger partial charge on any atom is 0.582 e. The molecule has 0 amide bonds. The number of methoxy groups -OCH3 is 1. The second-order valence-electron chi connectivity index (χ2n) is 10.6. The molecule has 2 fully saturated rings. The van der Waals surface area contributed by atoms with Crippen molar-refractivity contribution in [2.75, 3.05) is 31.8 Å². The number of aromatic nitrogens is 8. The Morgan fingerprint density at radius 1 is 1.19 bits per heavy atom. The van der Waals surface area contributed by atoms with E-state index in [0.717, 1.165) is 10.9 Å². The van der Waals surface area contributed by atoms with Gasteiger partial charge in [-0.05, 0) is 23.3 Å². The van der Waals surface area contributed by atoms with Crippen LogP contribution >= 0.6 is 26.2 Å². The molecule has 7 N–H and O–H groups in total. The van der Waals surface area contributed by atoms with Crippen LogP contribution in [0, 0.1) is 0 Å². The molecule has 3 unspecified atom stereocenters. The fourth-order valence-corrected chi connectivity index (χ4v) is 7.81. The number of ether oxygens (including phenoxy) is 3. The molecule has 2 aliphatic heterocycles. The molecule has 6 rings (SSSR count). The SMILES string of the molecule is CO[C@H]1[C@H](n2cnc3c(N)ncnc32)OC(C)(COP(O)(=S)O[C@H]2[C@H](F)[C@@H](CO)O[C@H]2n2cnc3c(=O)[nH]c(N)nc32)[C@H]1O[P+](=O)S. The number of nitrogens with zero attached hydrogens (tertiary/aromatic N) is 7. The predicted molar refractivity (Wildman–Crippen MR) is 166 cm³/mol. The first-order valence-electron chi connectivity index (χ1n) is 13.5. The summed E-state index contributed by atoms with van der Waals surface area (Å²) in [6.45, 7) is -4.18. The lowest BCUT2D eigenvalue weighted by molar-refractivity contribution is -0.111. The van der Waals surface area contributed by atoms with E-state index >= 15 is 4.39 Å². The van der Waals surface area contributed by atoms with Gasteiger partial charge in [-0.25, -0.2) is 24.3 Å². The number of alkyl halides is 1. The van der Waals surface area contributed by atoms with E-state index in [0.29, 0.717) is 5.65 Å². The molecule has 4 aromatic rings. The van der Waals surface area contributed by atoms with E-state index in [-0.39, 0.29) is 28.4 Å². The van der Waals surface area contributed by atoms with Gasteiger partial charge in [-0.2, -0.15) is 4.98 Å². The van der Waals surface area contributed by atoms with Gasteiger partial charge in [-0.15, -0.1) is 4.52 Å². The molecule has 0 bridgehead atoms. The summed E-state index contributed by atoms with van der Waals surface area (Å²) in [5, 5.41) is 9.74. The number of aromatic amines is 1. The van der Waals surface area contributed by atoms with Crippen LogP contribution in [0.15, 0.2) is 23.8 Å². The number of nitrogens with one attached hydrogen (secondary N) is 1. The molecule has 4 aromatic heterocycles. The van der Waals surface area contributed by atoms with Crippen molar-refractivity contribution in [1.29, 1.82) is 0 Å². The number of aliphatic hydroxyl groups excluding tert-OH is 1. The normalized spacial score (nSPS) is 31.1. The molecule has 0 saturated carbocycles. The number of imidazole rings is 2. The maximum absolute atomic E-state index is 15.6. The molecule has 20 nitrogen and oxygen atoms in total. The summed E-state index contributed by atoms with van der Waals surface area (Å²) in [6, 6.07) is 0. The summed E-state index contributed by atoms with van der Waals surface area (Å²) in [5.74, 6) is -0.127. The lowest BCUT2D eigenvalue weighted by Crippen LogP contribution is -2.45. The molecule has 10 atom stereocenters. The van der Waals surface area contributed by atoms with Crippen molar-refractivity contribution in [1.82, 2.24) is 39.0 Å². The minimum atomic E-state index is -4.38. The molecule has 6 heterocycles. The second kappa shape index (κ2) is 12.9. The zero-order valence-electron chi connectivity index (χ0n) is 24.3. The lowest BCUT2D eigenvalue weighted by Gasteiger charge is -2.30. The fraction of sp³-hybridized carbons (Fsp3) is 0.545. The number of hydrogen-bond donors (Lipinski definition) is 6. The van der Waals surface area contributed by atoms with Crippen molar-refractivity contribution < 1.29 is 46.7 Å². The van der Waals surface area contributed by atoms with E-state index in [4.69, 9.17) is 51.1 Å². The van der Waals surface area contributed by atoms with Gasteiger partial charge in [-0.1, -0.05) is 0 Å². The second-order valence-corrected chi connectivity index (χ2v) is 15.1. The minimum Gasteiger partial charge on any atom is -0.394 e. The number of hydrogen-bond acceptors (Lipinski definition) is 17. The number of rotatable bonds is 11. The van der Waals surface area contributed by atoms with Crippen molar-refractivity contribution in [3.63, 3.8) is 0 Å². The van der Waals surface area contributed by atoms with Gasteiger partial charge in [-0.3, -0.25) is 23.4 Å². The van der Waals surface area contributed by atoms with E-state index in [2.05, 4.69) is 42.2 Å². The van der Waals surface area contributed by atoms with Gasteiger partial charge in [0, 0.05) is 7.11 Å². The van der Waals surface area contributed by atoms with Gasteiger partial charge < -0.3 is 40.2 Å². The summed E-state index contributed by atoms with van der Waals surface area (Å²) < 4.78 is 65.0. The topological polar surface area (TPSA) is 272 Å². The third-order valence-corrected chi connectivity index (χ3v) is 9.88. The van der Waals surface area contributed by atoms with Crippen LogP contribution in [0.3, 0.4) is 0 Å². The molecule has 254 valence electrons. The predicted octanol–water partition coefficient (Wildman–Crippen LogP) is 0.245. The Morgan fingerprint density at radius 3 is 2.57 bits per heavy atom. The van der Waals surface area contributed by atoms with Crippen LogP contribution in [-0.2, 0) is 44.2 Å². The van der Waals surface area contributed by atoms with E-state index in [1.165, 1.54) is 31.3 Å². The van der Waals surface area contributed by atoms with Crippen molar-refractivity contribution in [2.45, 2.75) is 55.6 Å². The summed E-state index contributed by atoms with van der Waals surface area (Å²) in [6.07, 6.45) is -5.90. The highest BCUT2D eigenvalue weighted by atomic mass is 32.7. The smallest absolute Gasteiger partial charge is 0.394 e. The molecule has 2 saturated heterocycles. The van der Waals surface area contributed by atoms with Crippen LogP contribution in [0.5, 0.6) is 0 Å². The van der Waals surface area contributed by atoms with Gasteiger partial charge in [0.25, 0.3) is 5.56 Å². The van der Waals surface area contributed by atoms with E-state index in [1.54, 1.807) is 0 Å². The average molecular weight is 738 g/mol. The van der Waals surface area contributed by atoms with E-state index < -0.39 is 81.4 Å². The van der Waals surface area contributed by atoms with Crippen LogP contribution in [0.1, 0.15) is 19.4 Å². The lowest BCUT2D eigenvalue weighted by atomic mass is 9.98.